The average molecular weight is 584 g/mol. The lowest BCUT2D eigenvalue weighted by Gasteiger charge is -2.22. The first kappa shape index (κ1) is 28.4. The Kier molecular flexibility index (Phi) is 8.49. The molecular weight excluding hydrogens is 562 g/mol. The van der Waals surface area contributed by atoms with Gasteiger partial charge >= 0.3 is 6.18 Å². The van der Waals surface area contributed by atoms with Crippen molar-refractivity contribution in [2.24, 2.45) is 0 Å². The number of aryl methyl sites for hydroxylation is 1. The van der Waals surface area contributed by atoms with Crippen LogP contribution >= 0.6 is 23.2 Å². The van der Waals surface area contributed by atoms with Gasteiger partial charge in [0.1, 0.15) is 11.9 Å². The standard InChI is InChI=1S/C23H22Cl2F3N9O2/c1-4-29-21(39-3)15-9-13(24)8-12(2)18(15)31-20(38)17-10-14(11-36-22(23(26,27)28)32-34-35-36)33-37(17)19-16(25)6-5-7-30-19/h5-10,21,29H,4,11H2,1-3H3,(H,31,38). The number of carbonyl (C=O) groups excluding carboxylic acids is 1. The topological polar surface area (TPSA) is 125 Å². The Balaban J connectivity index is 1.78. The van der Waals surface area contributed by atoms with Gasteiger partial charge in [0.2, 0.25) is 0 Å². The molecule has 2 N–H and O–H groups in total. The molecule has 0 bridgehead atoms. The van der Waals surface area contributed by atoms with Crippen molar-refractivity contribution in [3.63, 3.8) is 0 Å². The maximum Gasteiger partial charge on any atom is 0.453 e. The minimum atomic E-state index is -4.79. The van der Waals surface area contributed by atoms with Crippen LogP contribution in [0.2, 0.25) is 10.0 Å². The highest BCUT2D eigenvalue weighted by atomic mass is 35.5. The van der Waals surface area contributed by atoms with E-state index in [2.05, 4.69) is 36.2 Å². The molecule has 39 heavy (non-hydrogen) atoms. The number of methoxy groups -OCH3 is 1. The number of hydrogen-bond acceptors (Lipinski definition) is 8. The summed E-state index contributed by atoms with van der Waals surface area (Å²) in [6.07, 6.45) is -3.94. The average Bonchev–Trinajstić information content (AvgIpc) is 3.52. The van der Waals surface area contributed by atoms with Gasteiger partial charge in [0.05, 0.1) is 22.9 Å². The Hall–Kier alpha value is -3.59. The molecule has 4 aromatic rings. The smallest absolute Gasteiger partial charge is 0.362 e. The first-order valence-corrected chi connectivity index (χ1v) is 12.2. The molecule has 0 aliphatic heterocycles. The van der Waals surface area contributed by atoms with E-state index < -0.39 is 30.7 Å². The summed E-state index contributed by atoms with van der Waals surface area (Å²) in [7, 11) is 1.51. The number of benzene rings is 1. The number of hydrogen-bond donors (Lipinski definition) is 2. The largest absolute Gasteiger partial charge is 0.453 e. The molecule has 0 radical (unpaired) electrons. The summed E-state index contributed by atoms with van der Waals surface area (Å²) < 4.78 is 47.1. The van der Waals surface area contributed by atoms with E-state index in [1.165, 1.54) is 25.4 Å². The normalized spacial score (nSPS) is 12.5. The Morgan fingerprint density at radius 3 is 2.67 bits per heavy atom. The fourth-order valence-corrected chi connectivity index (χ4v) is 4.34. The number of nitrogens with one attached hydrogen (secondary N) is 2. The second-order valence-electron chi connectivity index (χ2n) is 8.21. The van der Waals surface area contributed by atoms with E-state index in [1.54, 1.807) is 25.1 Å². The number of nitrogens with zero attached hydrogens (tertiary/aromatic N) is 7. The van der Waals surface area contributed by atoms with Crippen LogP contribution in [0, 0.1) is 6.92 Å². The Labute approximate surface area is 230 Å². The van der Waals surface area contributed by atoms with E-state index in [1.807, 2.05) is 6.92 Å². The second-order valence-corrected chi connectivity index (χ2v) is 9.06. The minimum Gasteiger partial charge on any atom is -0.362 e. The van der Waals surface area contributed by atoms with Gasteiger partial charge in [0.25, 0.3) is 11.7 Å². The number of amides is 1. The summed E-state index contributed by atoms with van der Waals surface area (Å²) in [5.41, 5.74) is 1.65. The first-order valence-electron chi connectivity index (χ1n) is 11.4. The Morgan fingerprint density at radius 2 is 2.00 bits per heavy atom. The fraction of sp³-hybridized carbons (Fsp3) is 0.304. The lowest BCUT2D eigenvalue weighted by molar-refractivity contribution is -0.147. The van der Waals surface area contributed by atoms with Crippen LogP contribution in [0.15, 0.2) is 36.5 Å². The van der Waals surface area contributed by atoms with Gasteiger partial charge in [-0.3, -0.25) is 10.1 Å². The number of aromatic nitrogens is 7. The number of halogens is 5. The van der Waals surface area contributed by atoms with Crippen molar-refractivity contribution in [1.82, 2.24) is 40.3 Å². The summed E-state index contributed by atoms with van der Waals surface area (Å²) >= 11 is 12.6. The first-order chi connectivity index (χ1) is 18.5. The predicted molar refractivity (Wildman–Crippen MR) is 136 cm³/mol. The van der Waals surface area contributed by atoms with Gasteiger partial charge in [0, 0.05) is 23.9 Å². The molecule has 16 heteroatoms. The third-order valence-electron chi connectivity index (χ3n) is 5.51. The minimum absolute atomic E-state index is 0.0510. The van der Waals surface area contributed by atoms with Crippen molar-refractivity contribution in [2.45, 2.75) is 32.8 Å². The van der Waals surface area contributed by atoms with E-state index in [0.29, 0.717) is 33.1 Å². The quantitative estimate of drug-likeness (QED) is 0.277. The molecule has 0 fully saturated rings. The molecule has 206 valence electrons. The van der Waals surface area contributed by atoms with Gasteiger partial charge in [-0.25, -0.2) is 14.3 Å². The van der Waals surface area contributed by atoms with E-state index in [-0.39, 0.29) is 22.2 Å². The maximum absolute atomic E-state index is 13.7. The summed E-state index contributed by atoms with van der Waals surface area (Å²) in [6, 6.07) is 7.77. The van der Waals surface area contributed by atoms with Crippen LogP contribution in [0.1, 0.15) is 46.3 Å². The van der Waals surface area contributed by atoms with Crippen molar-refractivity contribution in [3.8, 4) is 5.82 Å². The van der Waals surface area contributed by atoms with Gasteiger partial charge < -0.3 is 10.1 Å². The lowest BCUT2D eigenvalue weighted by atomic mass is 10.1. The zero-order valence-electron chi connectivity index (χ0n) is 20.8. The van der Waals surface area contributed by atoms with E-state index in [0.717, 1.165) is 4.68 Å². The van der Waals surface area contributed by atoms with Crippen LogP contribution in [-0.4, -0.2) is 54.5 Å². The molecule has 1 unspecified atom stereocenters. The van der Waals surface area contributed by atoms with Crippen molar-refractivity contribution >= 4 is 34.8 Å². The van der Waals surface area contributed by atoms with E-state index in [4.69, 9.17) is 27.9 Å². The van der Waals surface area contributed by atoms with E-state index in [9.17, 15) is 18.0 Å². The summed E-state index contributed by atoms with van der Waals surface area (Å²) in [6.45, 7) is 3.76. The van der Waals surface area contributed by atoms with Crippen LogP contribution in [-0.2, 0) is 17.5 Å². The number of anilines is 1. The fourth-order valence-electron chi connectivity index (χ4n) is 3.86. The van der Waals surface area contributed by atoms with Crippen molar-refractivity contribution in [3.05, 3.63) is 74.9 Å². The summed E-state index contributed by atoms with van der Waals surface area (Å²) in [5.74, 6) is -1.85. The predicted octanol–water partition coefficient (Wildman–Crippen LogP) is 4.44. The molecule has 1 atom stereocenters. The van der Waals surface area contributed by atoms with Gasteiger partial charge in [-0.15, -0.1) is 5.10 Å². The van der Waals surface area contributed by atoms with E-state index >= 15 is 0 Å². The number of tetrazole rings is 1. The Bertz CT molecular complexity index is 1490. The number of rotatable bonds is 9. The lowest BCUT2D eigenvalue weighted by Crippen LogP contribution is -2.25. The molecule has 3 heterocycles. The Morgan fingerprint density at radius 1 is 1.23 bits per heavy atom. The van der Waals surface area contributed by atoms with Gasteiger partial charge in [0.15, 0.2) is 5.82 Å². The molecule has 3 aromatic heterocycles. The zero-order chi connectivity index (χ0) is 28.3. The monoisotopic (exact) mass is 583 g/mol. The molecular formula is C23H22Cl2F3N9O2. The second kappa shape index (κ2) is 11.7. The molecule has 11 nitrogen and oxygen atoms in total. The molecule has 0 saturated carbocycles. The third kappa shape index (κ3) is 6.19. The highest BCUT2D eigenvalue weighted by Gasteiger charge is 2.38. The van der Waals surface area contributed by atoms with Gasteiger partial charge in [-0.05, 0) is 59.8 Å². The van der Waals surface area contributed by atoms with Crippen molar-refractivity contribution in [2.75, 3.05) is 19.0 Å². The van der Waals surface area contributed by atoms with Crippen LogP contribution in [0.5, 0.6) is 0 Å². The maximum atomic E-state index is 13.7. The summed E-state index contributed by atoms with van der Waals surface area (Å²) in [5, 5.41) is 20.5. The van der Waals surface area contributed by atoms with Crippen LogP contribution in [0.4, 0.5) is 18.9 Å². The number of pyridine rings is 1. The van der Waals surface area contributed by atoms with Crippen LogP contribution < -0.4 is 10.6 Å². The third-order valence-corrected chi connectivity index (χ3v) is 6.02. The molecule has 4 rings (SSSR count). The van der Waals surface area contributed by atoms with Crippen LogP contribution in [0.25, 0.3) is 5.82 Å². The van der Waals surface area contributed by atoms with Crippen LogP contribution in [0.3, 0.4) is 0 Å². The highest BCUT2D eigenvalue weighted by molar-refractivity contribution is 6.32. The molecule has 1 aromatic carbocycles. The summed E-state index contributed by atoms with van der Waals surface area (Å²) in [4.78, 5) is 17.8. The number of carbonyl (C=O) groups is 1. The molecule has 0 spiro atoms. The number of alkyl halides is 3. The molecule has 0 aliphatic carbocycles. The van der Waals surface area contributed by atoms with Crippen molar-refractivity contribution in [1.29, 1.82) is 0 Å². The number of ether oxygens (including phenoxy) is 1. The molecule has 1 amide bonds. The molecule has 0 aliphatic rings. The molecule has 0 saturated heterocycles. The zero-order valence-corrected chi connectivity index (χ0v) is 22.3. The highest BCUT2D eigenvalue weighted by Crippen LogP contribution is 2.32. The van der Waals surface area contributed by atoms with Gasteiger partial charge in [-0.2, -0.15) is 18.3 Å². The SMILES string of the molecule is CCNC(OC)c1cc(Cl)cc(C)c1NC(=O)c1cc(Cn2nnnc2C(F)(F)F)nn1-c1ncccc1Cl. The van der Waals surface area contributed by atoms with Crippen molar-refractivity contribution < 1.29 is 22.7 Å². The van der Waals surface area contributed by atoms with Gasteiger partial charge in [-0.1, -0.05) is 30.1 Å².